The third-order valence-electron chi connectivity index (χ3n) is 4.80. The molecule has 0 heterocycles. The highest BCUT2D eigenvalue weighted by atomic mass is 16.1. The van der Waals surface area contributed by atoms with E-state index < -0.39 is 0 Å². The zero-order valence-electron chi connectivity index (χ0n) is 11.5. The zero-order valence-corrected chi connectivity index (χ0v) is 11.5. The van der Waals surface area contributed by atoms with Gasteiger partial charge in [0.15, 0.2) is 0 Å². The Morgan fingerprint density at radius 1 is 1.22 bits per heavy atom. The van der Waals surface area contributed by atoms with Gasteiger partial charge in [0, 0.05) is 13.0 Å². The maximum atomic E-state index is 11.8. The van der Waals surface area contributed by atoms with Crippen LogP contribution in [0, 0.1) is 11.3 Å². The van der Waals surface area contributed by atoms with Gasteiger partial charge in [0.25, 0.3) is 0 Å². The Labute approximate surface area is 111 Å². The van der Waals surface area contributed by atoms with Crippen LogP contribution in [-0.2, 0) is 4.79 Å². The van der Waals surface area contributed by atoms with E-state index in [-0.39, 0.29) is 5.91 Å². The van der Waals surface area contributed by atoms with Gasteiger partial charge in [-0.3, -0.25) is 4.79 Å². The third kappa shape index (κ3) is 4.27. The first kappa shape index (κ1) is 13.9. The highest BCUT2D eigenvalue weighted by Gasteiger charge is 2.41. The van der Waals surface area contributed by atoms with Gasteiger partial charge < -0.3 is 11.1 Å². The molecule has 3 nitrogen and oxygen atoms in total. The third-order valence-corrected chi connectivity index (χ3v) is 4.80. The first-order valence-electron chi connectivity index (χ1n) is 7.71. The van der Waals surface area contributed by atoms with Crippen LogP contribution >= 0.6 is 0 Å². The van der Waals surface area contributed by atoms with Crippen LogP contribution in [0.4, 0.5) is 0 Å². The summed E-state index contributed by atoms with van der Waals surface area (Å²) >= 11 is 0. The lowest BCUT2D eigenvalue weighted by Crippen LogP contribution is -2.31. The molecule has 0 bridgehead atoms. The molecule has 2 aliphatic rings. The lowest BCUT2D eigenvalue weighted by molar-refractivity contribution is -0.121. The summed E-state index contributed by atoms with van der Waals surface area (Å²) in [7, 11) is 0. The maximum Gasteiger partial charge on any atom is 0.220 e. The van der Waals surface area contributed by atoms with Crippen LogP contribution < -0.4 is 11.1 Å². The number of amides is 1. The molecule has 0 aromatic rings. The minimum Gasteiger partial charge on any atom is -0.356 e. The largest absolute Gasteiger partial charge is 0.356 e. The second-order valence-electron chi connectivity index (χ2n) is 6.36. The van der Waals surface area contributed by atoms with E-state index in [1.807, 2.05) is 0 Å². The second kappa shape index (κ2) is 6.55. The Bertz CT molecular complexity index is 268. The van der Waals surface area contributed by atoms with Crippen molar-refractivity contribution in [2.24, 2.45) is 17.1 Å². The standard InChI is InChI=1S/C15H28N2O/c16-11-10-15(8-9-15)12-17-14(18)7-6-13-4-2-1-3-5-13/h13H,1-12,16H2,(H,17,18). The van der Waals surface area contributed by atoms with Crippen molar-refractivity contribution in [3.8, 4) is 0 Å². The molecule has 2 fully saturated rings. The minimum absolute atomic E-state index is 0.254. The van der Waals surface area contributed by atoms with Crippen molar-refractivity contribution < 1.29 is 4.79 Å². The molecule has 0 aliphatic heterocycles. The van der Waals surface area contributed by atoms with Crippen LogP contribution in [0.25, 0.3) is 0 Å². The van der Waals surface area contributed by atoms with Gasteiger partial charge in [-0.15, -0.1) is 0 Å². The Balaban J connectivity index is 1.57. The number of rotatable bonds is 7. The number of carbonyl (C=O) groups is 1. The quantitative estimate of drug-likeness (QED) is 0.731. The van der Waals surface area contributed by atoms with Crippen molar-refractivity contribution >= 4 is 5.91 Å². The van der Waals surface area contributed by atoms with E-state index in [1.165, 1.54) is 44.9 Å². The van der Waals surface area contributed by atoms with Crippen molar-refractivity contribution in [3.63, 3.8) is 0 Å². The molecular weight excluding hydrogens is 224 g/mol. The maximum absolute atomic E-state index is 11.8. The molecule has 2 aliphatic carbocycles. The van der Waals surface area contributed by atoms with Crippen LogP contribution in [0.5, 0.6) is 0 Å². The molecule has 0 aromatic carbocycles. The summed E-state index contributed by atoms with van der Waals surface area (Å²) < 4.78 is 0. The number of nitrogens with two attached hydrogens (primary N) is 1. The molecular formula is C15H28N2O. The fourth-order valence-electron chi connectivity index (χ4n) is 3.18. The molecule has 0 aromatic heterocycles. The number of hydrogen-bond acceptors (Lipinski definition) is 2. The van der Waals surface area contributed by atoms with Gasteiger partial charge in [0.2, 0.25) is 5.91 Å². The highest BCUT2D eigenvalue weighted by Crippen LogP contribution is 2.47. The zero-order chi connectivity index (χ0) is 12.8. The average Bonchev–Trinajstić information content (AvgIpc) is 3.16. The Kier molecular flexibility index (Phi) is 5.04. The topological polar surface area (TPSA) is 55.1 Å². The second-order valence-corrected chi connectivity index (χ2v) is 6.36. The van der Waals surface area contributed by atoms with Gasteiger partial charge in [0.1, 0.15) is 0 Å². The van der Waals surface area contributed by atoms with E-state index in [0.29, 0.717) is 5.41 Å². The summed E-state index contributed by atoms with van der Waals surface area (Å²) in [4.78, 5) is 11.8. The summed E-state index contributed by atoms with van der Waals surface area (Å²) in [6.07, 6.45) is 12.2. The van der Waals surface area contributed by atoms with Crippen LogP contribution in [0.2, 0.25) is 0 Å². The number of carbonyl (C=O) groups excluding carboxylic acids is 1. The summed E-state index contributed by atoms with van der Waals surface area (Å²) in [5, 5.41) is 3.12. The van der Waals surface area contributed by atoms with Crippen LogP contribution in [0.3, 0.4) is 0 Å². The summed E-state index contributed by atoms with van der Waals surface area (Å²) in [6.45, 7) is 1.60. The van der Waals surface area contributed by atoms with E-state index in [9.17, 15) is 4.79 Å². The molecule has 2 saturated carbocycles. The molecule has 2 rings (SSSR count). The van der Waals surface area contributed by atoms with Crippen LogP contribution in [0.15, 0.2) is 0 Å². The van der Waals surface area contributed by atoms with Crippen molar-refractivity contribution in [2.75, 3.05) is 13.1 Å². The van der Waals surface area contributed by atoms with E-state index in [1.54, 1.807) is 0 Å². The summed E-state index contributed by atoms with van der Waals surface area (Å²) in [5.41, 5.74) is 5.97. The number of hydrogen-bond donors (Lipinski definition) is 2. The van der Waals surface area contributed by atoms with E-state index >= 15 is 0 Å². The van der Waals surface area contributed by atoms with Gasteiger partial charge in [-0.2, -0.15) is 0 Å². The van der Waals surface area contributed by atoms with E-state index in [2.05, 4.69) is 5.32 Å². The van der Waals surface area contributed by atoms with E-state index in [0.717, 1.165) is 38.3 Å². The number of nitrogens with one attached hydrogen (secondary N) is 1. The molecule has 0 saturated heterocycles. The van der Waals surface area contributed by atoms with Gasteiger partial charge in [-0.05, 0) is 43.6 Å². The molecule has 0 atom stereocenters. The molecule has 0 unspecified atom stereocenters. The van der Waals surface area contributed by atoms with Gasteiger partial charge in [-0.1, -0.05) is 32.1 Å². The average molecular weight is 252 g/mol. The normalized spacial score (nSPS) is 22.7. The Hall–Kier alpha value is -0.570. The first-order valence-corrected chi connectivity index (χ1v) is 7.71. The molecule has 1 amide bonds. The molecule has 0 radical (unpaired) electrons. The van der Waals surface area contributed by atoms with Crippen LogP contribution in [0.1, 0.15) is 64.2 Å². The Morgan fingerprint density at radius 2 is 1.94 bits per heavy atom. The van der Waals surface area contributed by atoms with Crippen molar-refractivity contribution in [1.82, 2.24) is 5.32 Å². The fourth-order valence-corrected chi connectivity index (χ4v) is 3.18. The monoisotopic (exact) mass is 252 g/mol. The van der Waals surface area contributed by atoms with Crippen molar-refractivity contribution in [2.45, 2.75) is 64.2 Å². The highest BCUT2D eigenvalue weighted by molar-refractivity contribution is 5.75. The summed E-state index contributed by atoms with van der Waals surface area (Å²) in [6, 6.07) is 0. The lowest BCUT2D eigenvalue weighted by atomic mass is 9.86. The van der Waals surface area contributed by atoms with Crippen LogP contribution in [-0.4, -0.2) is 19.0 Å². The van der Waals surface area contributed by atoms with Crippen molar-refractivity contribution in [3.05, 3.63) is 0 Å². The molecule has 3 N–H and O–H groups in total. The fraction of sp³-hybridized carbons (Fsp3) is 0.933. The first-order chi connectivity index (χ1) is 8.74. The Morgan fingerprint density at radius 3 is 2.56 bits per heavy atom. The SMILES string of the molecule is NCCC1(CNC(=O)CCC2CCCCC2)CC1. The van der Waals surface area contributed by atoms with Gasteiger partial charge in [0.05, 0.1) is 0 Å². The lowest BCUT2D eigenvalue weighted by Gasteiger charge is -2.21. The minimum atomic E-state index is 0.254. The van der Waals surface area contributed by atoms with Gasteiger partial charge in [-0.25, -0.2) is 0 Å². The van der Waals surface area contributed by atoms with Crippen molar-refractivity contribution in [1.29, 1.82) is 0 Å². The molecule has 18 heavy (non-hydrogen) atoms. The molecule has 3 heteroatoms. The summed E-state index contributed by atoms with van der Waals surface area (Å²) in [5.74, 6) is 1.06. The molecule has 0 spiro atoms. The molecule has 104 valence electrons. The smallest absolute Gasteiger partial charge is 0.220 e. The predicted molar refractivity (Wildman–Crippen MR) is 74.2 cm³/mol. The predicted octanol–water partition coefficient (Wildman–Crippen LogP) is 2.59. The van der Waals surface area contributed by atoms with Gasteiger partial charge >= 0.3 is 0 Å². The van der Waals surface area contributed by atoms with E-state index in [4.69, 9.17) is 5.73 Å².